The normalized spacial score (nSPS) is 22.3. The Balaban J connectivity index is 1.76. The SMILES string of the molecule is CCCN1C(=O)[C@H]2CC[C@@H]1CN(C(=O)Cc1cccc(OC)c1OC)C2. The number of benzene rings is 1. The minimum absolute atomic E-state index is 0.0413. The number of methoxy groups -OCH3 is 2. The third-order valence-corrected chi connectivity index (χ3v) is 5.44. The third-order valence-electron chi connectivity index (χ3n) is 5.44. The molecule has 0 unspecified atom stereocenters. The lowest BCUT2D eigenvalue weighted by molar-refractivity contribution is -0.139. The number of fused-ring (bicyclic) bond motifs is 4. The number of para-hydroxylation sites is 1. The van der Waals surface area contributed by atoms with Crippen LogP contribution in [0.2, 0.25) is 0 Å². The minimum atomic E-state index is -0.0588. The van der Waals surface area contributed by atoms with Gasteiger partial charge in [-0.15, -0.1) is 0 Å². The zero-order chi connectivity index (χ0) is 18.7. The molecule has 6 nitrogen and oxygen atoms in total. The van der Waals surface area contributed by atoms with Gasteiger partial charge in [0.05, 0.1) is 26.6 Å². The van der Waals surface area contributed by atoms with Crippen LogP contribution in [-0.4, -0.2) is 61.5 Å². The van der Waals surface area contributed by atoms with Crippen LogP contribution in [-0.2, 0) is 16.0 Å². The van der Waals surface area contributed by atoms with Crippen molar-refractivity contribution in [3.8, 4) is 11.5 Å². The van der Waals surface area contributed by atoms with Crippen LogP contribution in [0, 0.1) is 5.92 Å². The van der Waals surface area contributed by atoms with Crippen LogP contribution in [0.1, 0.15) is 31.7 Å². The molecular weight excluding hydrogens is 332 g/mol. The van der Waals surface area contributed by atoms with Gasteiger partial charge in [-0.3, -0.25) is 9.59 Å². The molecule has 0 spiro atoms. The van der Waals surface area contributed by atoms with Crippen molar-refractivity contribution in [1.82, 2.24) is 9.80 Å². The summed E-state index contributed by atoms with van der Waals surface area (Å²) in [6.07, 6.45) is 3.07. The van der Waals surface area contributed by atoms with Gasteiger partial charge in [0.2, 0.25) is 11.8 Å². The Morgan fingerprint density at radius 3 is 2.69 bits per heavy atom. The van der Waals surface area contributed by atoms with E-state index in [1.165, 1.54) is 0 Å². The van der Waals surface area contributed by atoms with E-state index in [0.29, 0.717) is 24.6 Å². The third kappa shape index (κ3) is 3.50. The van der Waals surface area contributed by atoms with Gasteiger partial charge >= 0.3 is 0 Å². The highest BCUT2D eigenvalue weighted by Gasteiger charge is 2.41. The number of hydrogen-bond acceptors (Lipinski definition) is 4. The summed E-state index contributed by atoms with van der Waals surface area (Å²) in [6, 6.07) is 5.72. The van der Waals surface area contributed by atoms with Crippen LogP contribution < -0.4 is 9.47 Å². The van der Waals surface area contributed by atoms with Crippen LogP contribution in [0.25, 0.3) is 0 Å². The van der Waals surface area contributed by atoms with Crippen molar-refractivity contribution in [3.05, 3.63) is 23.8 Å². The number of carbonyl (C=O) groups excluding carboxylic acids is 2. The molecule has 2 amide bonds. The molecule has 3 saturated heterocycles. The van der Waals surface area contributed by atoms with Gasteiger partial charge in [0.15, 0.2) is 11.5 Å². The summed E-state index contributed by atoms with van der Waals surface area (Å²) in [7, 11) is 3.17. The van der Waals surface area contributed by atoms with E-state index < -0.39 is 0 Å². The molecule has 3 heterocycles. The number of rotatable bonds is 6. The molecule has 0 aromatic heterocycles. The highest BCUT2D eigenvalue weighted by Crippen LogP contribution is 2.33. The maximum Gasteiger partial charge on any atom is 0.227 e. The molecule has 0 saturated carbocycles. The summed E-state index contributed by atoms with van der Waals surface area (Å²) in [5.41, 5.74) is 0.810. The van der Waals surface area contributed by atoms with Crippen molar-refractivity contribution in [1.29, 1.82) is 0 Å². The molecule has 1 aromatic rings. The van der Waals surface area contributed by atoms with Crippen molar-refractivity contribution < 1.29 is 19.1 Å². The lowest BCUT2D eigenvalue weighted by atomic mass is 9.94. The highest BCUT2D eigenvalue weighted by atomic mass is 16.5. The monoisotopic (exact) mass is 360 g/mol. The molecule has 3 aliphatic heterocycles. The van der Waals surface area contributed by atoms with Gasteiger partial charge in [-0.05, 0) is 25.3 Å². The number of hydrogen-bond donors (Lipinski definition) is 0. The van der Waals surface area contributed by atoms with Gasteiger partial charge in [0.1, 0.15) is 0 Å². The maximum absolute atomic E-state index is 13.0. The van der Waals surface area contributed by atoms with Crippen molar-refractivity contribution in [2.24, 2.45) is 5.92 Å². The molecule has 6 heteroatoms. The number of piperidine rings is 1. The topological polar surface area (TPSA) is 59.1 Å². The average Bonchev–Trinajstić information content (AvgIpc) is 2.94. The Kier molecular flexibility index (Phi) is 5.69. The van der Waals surface area contributed by atoms with E-state index in [4.69, 9.17) is 9.47 Å². The average molecular weight is 360 g/mol. The van der Waals surface area contributed by atoms with E-state index in [2.05, 4.69) is 6.92 Å². The van der Waals surface area contributed by atoms with Crippen LogP contribution in [0.3, 0.4) is 0 Å². The molecule has 2 bridgehead atoms. The van der Waals surface area contributed by atoms with Crippen LogP contribution in [0.5, 0.6) is 11.5 Å². The second-order valence-corrected chi connectivity index (χ2v) is 7.09. The van der Waals surface area contributed by atoms with Gasteiger partial charge in [-0.2, -0.15) is 0 Å². The van der Waals surface area contributed by atoms with Gasteiger partial charge in [0.25, 0.3) is 0 Å². The standard InChI is InChI=1S/C20H28N2O4/c1-4-10-22-16-9-8-15(20(22)24)12-21(13-16)18(23)11-14-6-5-7-17(25-2)19(14)26-3/h5-7,15-16H,4,8-13H2,1-3H3/t15-,16+/m0/s1. The van der Waals surface area contributed by atoms with E-state index in [-0.39, 0.29) is 30.2 Å². The number of nitrogens with zero attached hydrogens (tertiary/aromatic N) is 2. The second kappa shape index (κ2) is 7.98. The van der Waals surface area contributed by atoms with Gasteiger partial charge in [-0.25, -0.2) is 0 Å². The molecule has 3 fully saturated rings. The smallest absolute Gasteiger partial charge is 0.227 e. The first kappa shape index (κ1) is 18.5. The lowest BCUT2D eigenvalue weighted by Crippen LogP contribution is -2.48. The Morgan fingerprint density at radius 2 is 2.00 bits per heavy atom. The van der Waals surface area contributed by atoms with Gasteiger partial charge in [0, 0.05) is 31.2 Å². The van der Waals surface area contributed by atoms with Crippen molar-refractivity contribution in [3.63, 3.8) is 0 Å². The summed E-state index contributed by atoms with van der Waals surface area (Å²) in [4.78, 5) is 29.5. The molecule has 0 radical (unpaired) electrons. The summed E-state index contributed by atoms with van der Waals surface area (Å²) < 4.78 is 10.8. The predicted octanol–water partition coefficient (Wildman–Crippen LogP) is 2.11. The molecule has 4 rings (SSSR count). The Labute approximate surface area is 155 Å². The zero-order valence-electron chi connectivity index (χ0n) is 15.9. The first-order valence-electron chi connectivity index (χ1n) is 9.37. The molecule has 1 aromatic carbocycles. The first-order valence-corrected chi connectivity index (χ1v) is 9.37. The predicted molar refractivity (Wildman–Crippen MR) is 98.3 cm³/mol. The Morgan fingerprint density at radius 1 is 1.19 bits per heavy atom. The van der Waals surface area contributed by atoms with Crippen molar-refractivity contribution in [2.75, 3.05) is 33.9 Å². The fourth-order valence-corrected chi connectivity index (χ4v) is 4.15. The molecule has 142 valence electrons. The number of amides is 2. The van der Waals surface area contributed by atoms with Crippen molar-refractivity contribution >= 4 is 11.8 Å². The van der Waals surface area contributed by atoms with E-state index in [1.54, 1.807) is 14.2 Å². The molecule has 0 aliphatic carbocycles. The summed E-state index contributed by atoms with van der Waals surface area (Å²) in [6.45, 7) is 4.03. The van der Waals surface area contributed by atoms with E-state index in [1.807, 2.05) is 28.0 Å². The van der Waals surface area contributed by atoms with E-state index >= 15 is 0 Å². The summed E-state index contributed by atoms with van der Waals surface area (Å²) in [5, 5.41) is 0. The van der Waals surface area contributed by atoms with Gasteiger partial charge < -0.3 is 19.3 Å². The fourth-order valence-electron chi connectivity index (χ4n) is 4.15. The van der Waals surface area contributed by atoms with Crippen LogP contribution in [0.15, 0.2) is 18.2 Å². The maximum atomic E-state index is 13.0. The minimum Gasteiger partial charge on any atom is -0.493 e. The molecule has 26 heavy (non-hydrogen) atoms. The molecule has 3 aliphatic rings. The Hall–Kier alpha value is -2.24. The van der Waals surface area contributed by atoms with E-state index in [0.717, 1.165) is 31.4 Å². The summed E-state index contributed by atoms with van der Waals surface area (Å²) >= 11 is 0. The molecule has 0 N–H and O–H groups in total. The quantitative estimate of drug-likeness (QED) is 0.780. The number of ether oxygens (including phenoxy) is 2. The lowest BCUT2D eigenvalue weighted by Gasteiger charge is -2.35. The van der Waals surface area contributed by atoms with Crippen molar-refractivity contribution in [2.45, 2.75) is 38.6 Å². The van der Waals surface area contributed by atoms with E-state index in [9.17, 15) is 9.59 Å². The van der Waals surface area contributed by atoms with Crippen LogP contribution in [0.4, 0.5) is 0 Å². The largest absolute Gasteiger partial charge is 0.493 e. The molecular formula is C20H28N2O4. The van der Waals surface area contributed by atoms with Gasteiger partial charge in [-0.1, -0.05) is 19.1 Å². The van der Waals surface area contributed by atoms with Crippen LogP contribution >= 0.6 is 0 Å². The highest BCUT2D eigenvalue weighted by molar-refractivity contribution is 5.84. The zero-order valence-corrected chi connectivity index (χ0v) is 15.9. The molecule has 2 atom stereocenters. The second-order valence-electron chi connectivity index (χ2n) is 7.09. The Bertz CT molecular complexity index is 676. The summed E-state index contributed by atoms with van der Waals surface area (Å²) in [5.74, 6) is 1.43. The fraction of sp³-hybridized carbons (Fsp3) is 0.600. The first-order chi connectivity index (χ1) is 12.6. The number of carbonyl (C=O) groups is 2.